The molecule has 1 aromatic carbocycles. The fourth-order valence-corrected chi connectivity index (χ4v) is 3.15. The van der Waals surface area contributed by atoms with E-state index in [0.29, 0.717) is 28.5 Å². The molecule has 0 amide bonds. The van der Waals surface area contributed by atoms with Crippen molar-refractivity contribution >= 4 is 44.7 Å². The van der Waals surface area contributed by atoms with Crippen molar-refractivity contribution in [3.63, 3.8) is 0 Å². The van der Waals surface area contributed by atoms with Crippen LogP contribution in [0, 0.1) is 0 Å². The number of nitrogens with two attached hydrogens (primary N) is 1. The highest BCUT2D eigenvalue weighted by molar-refractivity contribution is 9.09. The van der Waals surface area contributed by atoms with Gasteiger partial charge in [0, 0.05) is 5.56 Å². The highest BCUT2D eigenvalue weighted by Gasteiger charge is 2.28. The molecule has 5 heteroatoms. The lowest BCUT2D eigenvalue weighted by Crippen LogP contribution is -2.22. The lowest BCUT2D eigenvalue weighted by atomic mass is 9.99. The maximum Gasteiger partial charge on any atom is 0.211 e. The number of Topliss-reactive ketones (excluding diaryl/α,β-unsaturated/α-hetero) is 1. The van der Waals surface area contributed by atoms with Gasteiger partial charge in [0.2, 0.25) is 5.78 Å². The van der Waals surface area contributed by atoms with Crippen molar-refractivity contribution in [2.75, 3.05) is 12.3 Å². The van der Waals surface area contributed by atoms with Crippen molar-refractivity contribution in [1.82, 2.24) is 0 Å². The normalized spacial score (nSPS) is 22.0. The Morgan fingerprint density at radius 3 is 2.95 bits per heavy atom. The summed E-state index contributed by atoms with van der Waals surface area (Å²) < 4.78 is 0. The zero-order chi connectivity index (χ0) is 13.6. The predicted molar refractivity (Wildman–Crippen MR) is 81.6 cm³/mol. The second kappa shape index (κ2) is 4.76. The second-order valence-electron chi connectivity index (χ2n) is 4.76. The van der Waals surface area contributed by atoms with E-state index >= 15 is 0 Å². The molecule has 0 radical (unpaired) electrons. The summed E-state index contributed by atoms with van der Waals surface area (Å²) in [6, 6.07) is 3.47. The number of carbonyl (C=O) groups excluding carboxylic acids is 1. The van der Waals surface area contributed by atoms with Gasteiger partial charge in [-0.2, -0.15) is 0 Å². The quantitative estimate of drug-likeness (QED) is 0.583. The summed E-state index contributed by atoms with van der Waals surface area (Å²) in [5.41, 5.74) is 9.43. The standard InChI is InChI=1S/C14H12BrClN2O/c15-9-3-8-2-1-7-4-11(16)12(17)5-10(7)14(19)13(8)18-6-9/h3-5,9H,1-2,6,17H2. The van der Waals surface area contributed by atoms with Crippen LogP contribution < -0.4 is 5.73 Å². The van der Waals surface area contributed by atoms with E-state index in [1.807, 2.05) is 0 Å². The van der Waals surface area contributed by atoms with Gasteiger partial charge in [0.15, 0.2) is 0 Å². The highest BCUT2D eigenvalue weighted by atomic mass is 79.9. The molecule has 1 unspecified atom stereocenters. The van der Waals surface area contributed by atoms with Gasteiger partial charge in [-0.25, -0.2) is 0 Å². The fraction of sp³-hybridized carbons (Fsp3) is 0.286. The molecule has 0 saturated carbocycles. The largest absolute Gasteiger partial charge is 0.398 e. The fourth-order valence-electron chi connectivity index (χ4n) is 2.50. The third kappa shape index (κ3) is 2.23. The van der Waals surface area contributed by atoms with Crippen LogP contribution in [0.4, 0.5) is 5.69 Å². The number of fused-ring (bicyclic) bond motifs is 2. The molecule has 0 bridgehead atoms. The zero-order valence-electron chi connectivity index (χ0n) is 10.1. The van der Waals surface area contributed by atoms with Gasteiger partial charge in [0.1, 0.15) is 5.71 Å². The average Bonchev–Trinajstić information content (AvgIpc) is 2.50. The summed E-state index contributed by atoms with van der Waals surface area (Å²) in [5, 5.41) is 0.505. The molecule has 3 rings (SSSR count). The van der Waals surface area contributed by atoms with Crippen molar-refractivity contribution in [3.05, 3.63) is 39.9 Å². The molecule has 0 fully saturated rings. The van der Waals surface area contributed by atoms with Crippen LogP contribution in [0.2, 0.25) is 5.02 Å². The first-order valence-electron chi connectivity index (χ1n) is 6.08. The van der Waals surface area contributed by atoms with E-state index in [9.17, 15) is 4.79 Å². The Morgan fingerprint density at radius 1 is 1.37 bits per heavy atom. The predicted octanol–water partition coefficient (Wildman–Crippen LogP) is 3.20. The van der Waals surface area contributed by atoms with Crippen molar-refractivity contribution < 1.29 is 4.79 Å². The van der Waals surface area contributed by atoms with Crippen LogP contribution in [-0.4, -0.2) is 22.9 Å². The number of nitrogen functional groups attached to an aromatic ring is 1. The lowest BCUT2D eigenvalue weighted by Gasteiger charge is -2.14. The Kier molecular flexibility index (Phi) is 3.23. The molecule has 0 spiro atoms. The van der Waals surface area contributed by atoms with Crippen LogP contribution in [0.3, 0.4) is 0 Å². The molecule has 98 valence electrons. The Hall–Kier alpha value is -1.13. The van der Waals surface area contributed by atoms with Crippen molar-refractivity contribution in [3.8, 4) is 0 Å². The average molecular weight is 340 g/mol. The summed E-state index contributed by atoms with van der Waals surface area (Å²) in [6.07, 6.45) is 3.67. The van der Waals surface area contributed by atoms with Gasteiger partial charge in [-0.1, -0.05) is 33.6 Å². The van der Waals surface area contributed by atoms with E-state index in [-0.39, 0.29) is 10.6 Å². The molecule has 1 atom stereocenters. The zero-order valence-corrected chi connectivity index (χ0v) is 12.5. The second-order valence-corrected chi connectivity index (χ2v) is 6.34. The Balaban J connectivity index is 2.13. The first-order valence-corrected chi connectivity index (χ1v) is 7.38. The Bertz CT molecular complexity index is 637. The van der Waals surface area contributed by atoms with Gasteiger partial charge in [0.25, 0.3) is 0 Å². The van der Waals surface area contributed by atoms with E-state index in [2.05, 4.69) is 27.0 Å². The van der Waals surface area contributed by atoms with Gasteiger partial charge >= 0.3 is 0 Å². The molecule has 0 saturated heterocycles. The number of nitrogens with zero attached hydrogens (tertiary/aromatic N) is 1. The van der Waals surface area contributed by atoms with Gasteiger partial charge in [-0.3, -0.25) is 9.79 Å². The SMILES string of the molecule is Nc1cc2c(cc1Cl)CCC1=CC(Br)CN=C1C2=O. The third-order valence-electron chi connectivity index (χ3n) is 3.46. The number of rotatable bonds is 0. The topological polar surface area (TPSA) is 55.4 Å². The molecule has 1 aliphatic carbocycles. The van der Waals surface area contributed by atoms with Crippen molar-refractivity contribution in [2.24, 2.45) is 4.99 Å². The van der Waals surface area contributed by atoms with Crippen LogP contribution in [0.1, 0.15) is 22.3 Å². The number of carbonyl (C=O) groups is 1. The summed E-state index contributed by atoms with van der Waals surface area (Å²) in [5.74, 6) is -0.0403. The number of anilines is 1. The van der Waals surface area contributed by atoms with Crippen LogP contribution >= 0.6 is 27.5 Å². The Morgan fingerprint density at radius 2 is 2.16 bits per heavy atom. The summed E-state index contributed by atoms with van der Waals surface area (Å²) in [6.45, 7) is 0.600. The number of aryl methyl sites for hydroxylation is 1. The molecule has 1 aromatic rings. The van der Waals surface area contributed by atoms with Crippen LogP contribution in [0.25, 0.3) is 0 Å². The van der Waals surface area contributed by atoms with E-state index in [0.717, 1.165) is 24.0 Å². The smallest absolute Gasteiger partial charge is 0.211 e. The minimum Gasteiger partial charge on any atom is -0.398 e. The van der Waals surface area contributed by atoms with E-state index in [4.69, 9.17) is 17.3 Å². The molecule has 0 aromatic heterocycles. The minimum atomic E-state index is -0.0403. The molecule has 2 aliphatic rings. The van der Waals surface area contributed by atoms with Crippen LogP contribution in [-0.2, 0) is 6.42 Å². The number of alkyl halides is 1. The number of hydrogen-bond donors (Lipinski definition) is 1. The molecule has 3 nitrogen and oxygen atoms in total. The number of hydrogen-bond acceptors (Lipinski definition) is 3. The number of allylic oxidation sites excluding steroid dienone is 1. The van der Waals surface area contributed by atoms with Gasteiger partial charge in [-0.05, 0) is 36.1 Å². The molecule has 1 heterocycles. The first kappa shape index (κ1) is 12.9. The maximum absolute atomic E-state index is 12.6. The van der Waals surface area contributed by atoms with Crippen molar-refractivity contribution in [1.29, 1.82) is 0 Å². The summed E-state index contributed by atoms with van der Waals surface area (Å²) in [7, 11) is 0. The number of aliphatic imine (C=N–C) groups is 1. The van der Waals surface area contributed by atoms with E-state index in [1.54, 1.807) is 12.1 Å². The molecular formula is C14H12BrClN2O. The third-order valence-corrected chi connectivity index (χ3v) is 4.34. The minimum absolute atomic E-state index is 0.0403. The van der Waals surface area contributed by atoms with Gasteiger partial charge in [-0.15, -0.1) is 0 Å². The highest BCUT2D eigenvalue weighted by Crippen LogP contribution is 2.31. The van der Waals surface area contributed by atoms with Gasteiger partial charge < -0.3 is 5.73 Å². The number of benzene rings is 1. The van der Waals surface area contributed by atoms with E-state index < -0.39 is 0 Å². The monoisotopic (exact) mass is 338 g/mol. The lowest BCUT2D eigenvalue weighted by molar-refractivity contribution is 0.106. The molecule has 19 heavy (non-hydrogen) atoms. The summed E-state index contributed by atoms with van der Waals surface area (Å²) >= 11 is 9.55. The molecule has 1 aliphatic heterocycles. The van der Waals surface area contributed by atoms with Crippen LogP contribution in [0.15, 0.2) is 28.8 Å². The van der Waals surface area contributed by atoms with Crippen molar-refractivity contribution in [2.45, 2.75) is 17.7 Å². The van der Waals surface area contributed by atoms with Crippen LogP contribution in [0.5, 0.6) is 0 Å². The molecular weight excluding hydrogens is 328 g/mol. The summed E-state index contributed by atoms with van der Waals surface area (Å²) in [4.78, 5) is 17.2. The van der Waals surface area contributed by atoms with Gasteiger partial charge in [0.05, 0.1) is 22.1 Å². The number of ketones is 1. The Labute approximate surface area is 124 Å². The number of dihydropyridines is 1. The number of halogens is 2. The first-order chi connectivity index (χ1) is 9.06. The maximum atomic E-state index is 12.6. The molecule has 2 N–H and O–H groups in total. The van der Waals surface area contributed by atoms with E-state index in [1.165, 1.54) is 0 Å².